The molecule has 0 saturated carbocycles. The number of hydrogen-bond donors (Lipinski definition) is 2. The van der Waals surface area contributed by atoms with Crippen LogP contribution in [0.15, 0.2) is 24.3 Å². The molecule has 0 aliphatic heterocycles. The van der Waals surface area contributed by atoms with Crippen LogP contribution in [-0.2, 0) is 4.79 Å². The fourth-order valence-electron chi connectivity index (χ4n) is 1.79. The third-order valence-corrected chi connectivity index (χ3v) is 3.13. The van der Waals surface area contributed by atoms with Crippen molar-refractivity contribution in [1.29, 1.82) is 0 Å². The SMILES string of the molecule is CCC(CN)CC(=O)N[C@H](C)c1ccc(F)cc1. The van der Waals surface area contributed by atoms with Gasteiger partial charge in [0, 0.05) is 6.42 Å². The van der Waals surface area contributed by atoms with E-state index in [1.165, 1.54) is 12.1 Å². The lowest BCUT2D eigenvalue weighted by Crippen LogP contribution is -2.30. The lowest BCUT2D eigenvalue weighted by molar-refractivity contribution is -0.122. The van der Waals surface area contributed by atoms with E-state index in [2.05, 4.69) is 5.32 Å². The number of carbonyl (C=O) groups excluding carboxylic acids is 1. The summed E-state index contributed by atoms with van der Waals surface area (Å²) in [5.41, 5.74) is 6.46. The van der Waals surface area contributed by atoms with E-state index in [1.54, 1.807) is 12.1 Å². The molecular weight excluding hydrogens is 231 g/mol. The molecular formula is C14H21FN2O. The van der Waals surface area contributed by atoms with Crippen LogP contribution in [-0.4, -0.2) is 12.5 Å². The summed E-state index contributed by atoms with van der Waals surface area (Å²) in [7, 11) is 0. The average Bonchev–Trinajstić information content (AvgIpc) is 2.36. The van der Waals surface area contributed by atoms with E-state index in [0.29, 0.717) is 13.0 Å². The summed E-state index contributed by atoms with van der Waals surface area (Å²) in [6.07, 6.45) is 1.34. The molecule has 100 valence electrons. The molecule has 1 aromatic carbocycles. The molecule has 3 nitrogen and oxygen atoms in total. The molecule has 0 saturated heterocycles. The highest BCUT2D eigenvalue weighted by atomic mass is 19.1. The maximum atomic E-state index is 12.8. The highest BCUT2D eigenvalue weighted by Crippen LogP contribution is 2.14. The lowest BCUT2D eigenvalue weighted by atomic mass is 10.0. The molecule has 0 heterocycles. The predicted molar refractivity (Wildman–Crippen MR) is 70.4 cm³/mol. The zero-order chi connectivity index (χ0) is 13.5. The van der Waals surface area contributed by atoms with Crippen molar-refractivity contribution in [3.8, 4) is 0 Å². The molecule has 18 heavy (non-hydrogen) atoms. The molecule has 3 N–H and O–H groups in total. The maximum absolute atomic E-state index is 12.8. The van der Waals surface area contributed by atoms with Crippen molar-refractivity contribution in [2.75, 3.05) is 6.54 Å². The van der Waals surface area contributed by atoms with Gasteiger partial charge in [0.2, 0.25) is 5.91 Å². The standard InChI is InChI=1S/C14H21FN2O/c1-3-11(9-16)8-14(18)17-10(2)12-4-6-13(15)7-5-12/h4-7,10-11H,3,8-9,16H2,1-2H3,(H,17,18)/t10-,11?/m1/s1. The summed E-state index contributed by atoms with van der Waals surface area (Å²) in [4.78, 5) is 11.8. The van der Waals surface area contributed by atoms with E-state index in [-0.39, 0.29) is 23.7 Å². The highest BCUT2D eigenvalue weighted by molar-refractivity contribution is 5.76. The number of nitrogens with two attached hydrogens (primary N) is 1. The number of nitrogens with one attached hydrogen (secondary N) is 1. The lowest BCUT2D eigenvalue weighted by Gasteiger charge is -2.17. The first-order valence-corrected chi connectivity index (χ1v) is 6.31. The van der Waals surface area contributed by atoms with Crippen LogP contribution in [0.3, 0.4) is 0 Å². The van der Waals surface area contributed by atoms with Crippen LogP contribution >= 0.6 is 0 Å². The van der Waals surface area contributed by atoms with Crippen molar-refractivity contribution < 1.29 is 9.18 Å². The second kappa shape index (κ2) is 7.11. The van der Waals surface area contributed by atoms with E-state index in [1.807, 2.05) is 13.8 Å². The molecule has 1 amide bonds. The van der Waals surface area contributed by atoms with E-state index in [0.717, 1.165) is 12.0 Å². The van der Waals surface area contributed by atoms with E-state index < -0.39 is 0 Å². The zero-order valence-corrected chi connectivity index (χ0v) is 10.9. The van der Waals surface area contributed by atoms with E-state index >= 15 is 0 Å². The molecule has 4 heteroatoms. The molecule has 2 atom stereocenters. The summed E-state index contributed by atoms with van der Waals surface area (Å²) in [6.45, 7) is 4.43. The quantitative estimate of drug-likeness (QED) is 0.816. The first-order valence-electron chi connectivity index (χ1n) is 6.31. The number of benzene rings is 1. The third kappa shape index (κ3) is 4.45. The van der Waals surface area contributed by atoms with Crippen molar-refractivity contribution in [2.24, 2.45) is 11.7 Å². The first-order chi connectivity index (χ1) is 8.56. The minimum atomic E-state index is -0.272. The summed E-state index contributed by atoms with van der Waals surface area (Å²) in [5, 5.41) is 2.90. The molecule has 1 rings (SSSR count). The van der Waals surface area contributed by atoms with Gasteiger partial charge in [0.05, 0.1) is 6.04 Å². The van der Waals surface area contributed by atoms with Crippen LogP contribution in [0.1, 0.15) is 38.3 Å². The second-order valence-electron chi connectivity index (χ2n) is 4.55. The van der Waals surface area contributed by atoms with Gasteiger partial charge in [-0.3, -0.25) is 4.79 Å². The molecule has 1 aromatic rings. The van der Waals surface area contributed by atoms with Gasteiger partial charge in [0.25, 0.3) is 0 Å². The Morgan fingerprint density at radius 1 is 1.39 bits per heavy atom. The Bertz CT molecular complexity index is 374. The smallest absolute Gasteiger partial charge is 0.220 e. The Balaban J connectivity index is 2.51. The second-order valence-corrected chi connectivity index (χ2v) is 4.55. The predicted octanol–water partition coefficient (Wildman–Crippen LogP) is 2.38. The summed E-state index contributed by atoms with van der Waals surface area (Å²) >= 11 is 0. The minimum absolute atomic E-state index is 0.0101. The Morgan fingerprint density at radius 3 is 2.50 bits per heavy atom. The average molecular weight is 252 g/mol. The van der Waals surface area contributed by atoms with Crippen LogP contribution < -0.4 is 11.1 Å². The molecule has 0 bridgehead atoms. The van der Waals surface area contributed by atoms with Gasteiger partial charge in [-0.1, -0.05) is 25.5 Å². The molecule has 0 fully saturated rings. The zero-order valence-electron chi connectivity index (χ0n) is 10.9. The fraction of sp³-hybridized carbons (Fsp3) is 0.500. The van der Waals surface area contributed by atoms with Crippen molar-refractivity contribution in [1.82, 2.24) is 5.32 Å². The number of hydrogen-bond acceptors (Lipinski definition) is 2. The highest BCUT2D eigenvalue weighted by Gasteiger charge is 2.13. The Hall–Kier alpha value is -1.42. The monoisotopic (exact) mass is 252 g/mol. The first kappa shape index (κ1) is 14.6. The number of amides is 1. The molecule has 0 aliphatic rings. The minimum Gasteiger partial charge on any atom is -0.350 e. The van der Waals surface area contributed by atoms with Gasteiger partial charge >= 0.3 is 0 Å². The number of halogens is 1. The van der Waals surface area contributed by atoms with Gasteiger partial charge in [0.1, 0.15) is 5.82 Å². The van der Waals surface area contributed by atoms with Crippen molar-refractivity contribution in [2.45, 2.75) is 32.7 Å². The molecule has 0 radical (unpaired) electrons. The van der Waals surface area contributed by atoms with Crippen LogP contribution in [0.25, 0.3) is 0 Å². The Morgan fingerprint density at radius 2 is 2.00 bits per heavy atom. The molecule has 1 unspecified atom stereocenters. The van der Waals surface area contributed by atoms with Gasteiger partial charge < -0.3 is 11.1 Å². The maximum Gasteiger partial charge on any atom is 0.220 e. The molecule has 0 aliphatic carbocycles. The number of carbonyl (C=O) groups is 1. The van der Waals surface area contributed by atoms with Crippen molar-refractivity contribution in [3.63, 3.8) is 0 Å². The number of rotatable bonds is 6. The normalized spacial score (nSPS) is 14.0. The topological polar surface area (TPSA) is 55.1 Å². The van der Waals surface area contributed by atoms with Crippen molar-refractivity contribution in [3.05, 3.63) is 35.6 Å². The Labute approximate surface area is 108 Å². The van der Waals surface area contributed by atoms with Crippen molar-refractivity contribution >= 4 is 5.91 Å². The van der Waals surface area contributed by atoms with Gasteiger partial charge in [-0.05, 0) is 37.1 Å². The third-order valence-electron chi connectivity index (χ3n) is 3.13. The largest absolute Gasteiger partial charge is 0.350 e. The summed E-state index contributed by atoms with van der Waals surface area (Å²) in [5.74, 6) is -0.0546. The van der Waals surface area contributed by atoms with Gasteiger partial charge in [0.15, 0.2) is 0 Å². The van der Waals surface area contributed by atoms with Crippen LogP contribution in [0.4, 0.5) is 4.39 Å². The fourth-order valence-corrected chi connectivity index (χ4v) is 1.79. The van der Waals surface area contributed by atoms with Gasteiger partial charge in [-0.2, -0.15) is 0 Å². The summed E-state index contributed by atoms with van der Waals surface area (Å²) < 4.78 is 12.8. The Kier molecular flexibility index (Phi) is 5.78. The summed E-state index contributed by atoms with van der Waals surface area (Å²) in [6, 6.07) is 6.04. The molecule has 0 spiro atoms. The van der Waals surface area contributed by atoms with Crippen LogP contribution in [0, 0.1) is 11.7 Å². The van der Waals surface area contributed by atoms with Gasteiger partial charge in [-0.15, -0.1) is 0 Å². The van der Waals surface area contributed by atoms with E-state index in [4.69, 9.17) is 5.73 Å². The van der Waals surface area contributed by atoms with E-state index in [9.17, 15) is 9.18 Å². The van der Waals surface area contributed by atoms with Gasteiger partial charge in [-0.25, -0.2) is 4.39 Å². The van der Waals surface area contributed by atoms with Crippen LogP contribution in [0.5, 0.6) is 0 Å². The van der Waals surface area contributed by atoms with Crippen LogP contribution in [0.2, 0.25) is 0 Å². The molecule has 0 aromatic heterocycles.